The summed E-state index contributed by atoms with van der Waals surface area (Å²) in [5, 5.41) is 7.03. The molecule has 1 aromatic heterocycles. The lowest BCUT2D eigenvalue weighted by Gasteiger charge is -2.14. The van der Waals surface area contributed by atoms with Crippen molar-refractivity contribution in [3.63, 3.8) is 0 Å². The fourth-order valence-electron chi connectivity index (χ4n) is 2.50. The molecule has 0 saturated carbocycles. The zero-order chi connectivity index (χ0) is 19.8. The van der Waals surface area contributed by atoms with Crippen LogP contribution in [0.5, 0.6) is 0 Å². The van der Waals surface area contributed by atoms with Crippen molar-refractivity contribution in [1.82, 2.24) is 9.78 Å². The summed E-state index contributed by atoms with van der Waals surface area (Å²) in [6, 6.07) is 10.1. The van der Waals surface area contributed by atoms with Crippen molar-refractivity contribution in [3.8, 4) is 5.69 Å². The van der Waals surface area contributed by atoms with Crippen molar-refractivity contribution < 1.29 is 18.0 Å². The molecule has 0 spiro atoms. The number of benzene rings is 2. The van der Waals surface area contributed by atoms with Gasteiger partial charge in [0.2, 0.25) is 0 Å². The third-order valence-corrected chi connectivity index (χ3v) is 3.95. The van der Waals surface area contributed by atoms with Crippen LogP contribution in [0.1, 0.15) is 36.8 Å². The number of rotatable bonds is 3. The van der Waals surface area contributed by atoms with Gasteiger partial charge in [0.25, 0.3) is 5.91 Å². The van der Waals surface area contributed by atoms with E-state index in [1.54, 1.807) is 12.1 Å². The molecule has 0 atom stereocenters. The normalized spacial score (nSPS) is 11.5. The maximum atomic E-state index is 13.9. The van der Waals surface area contributed by atoms with E-state index < -0.39 is 23.4 Å². The molecular weight excluding hydrogens is 355 g/mol. The second-order valence-corrected chi connectivity index (χ2v) is 7.13. The molecule has 0 aliphatic heterocycles. The smallest absolute Gasteiger partial charge is 0.259 e. The summed E-state index contributed by atoms with van der Waals surface area (Å²) in [5.41, 5.74) is 0.418. The van der Waals surface area contributed by atoms with Crippen LogP contribution in [0.4, 0.5) is 19.0 Å². The molecule has 1 N–H and O–H groups in total. The van der Waals surface area contributed by atoms with E-state index in [4.69, 9.17) is 0 Å². The summed E-state index contributed by atoms with van der Waals surface area (Å²) in [4.78, 5) is 12.5. The van der Waals surface area contributed by atoms with E-state index in [2.05, 4.69) is 10.4 Å². The quantitative estimate of drug-likeness (QED) is 0.714. The zero-order valence-electron chi connectivity index (χ0n) is 15.1. The van der Waals surface area contributed by atoms with E-state index in [0.717, 1.165) is 12.1 Å². The van der Waals surface area contributed by atoms with Crippen LogP contribution in [0.3, 0.4) is 0 Å². The van der Waals surface area contributed by atoms with Crippen LogP contribution in [-0.2, 0) is 5.41 Å². The molecule has 0 fully saturated rings. The first-order valence-corrected chi connectivity index (χ1v) is 8.28. The summed E-state index contributed by atoms with van der Waals surface area (Å²) in [5.74, 6) is -2.71. The van der Waals surface area contributed by atoms with Crippen LogP contribution < -0.4 is 5.32 Å². The summed E-state index contributed by atoms with van der Waals surface area (Å²) in [6.45, 7) is 5.82. The lowest BCUT2D eigenvalue weighted by Crippen LogP contribution is -2.16. The number of aromatic nitrogens is 2. The van der Waals surface area contributed by atoms with E-state index >= 15 is 0 Å². The third kappa shape index (κ3) is 4.02. The average molecular weight is 373 g/mol. The van der Waals surface area contributed by atoms with Crippen molar-refractivity contribution >= 4 is 11.7 Å². The summed E-state index contributed by atoms with van der Waals surface area (Å²) in [6.07, 6.45) is 0. The SMILES string of the molecule is CC(C)(C)c1cc(NC(=O)c2ccc(F)cc2F)n(-c2cccc(F)c2)n1. The fourth-order valence-corrected chi connectivity index (χ4v) is 2.50. The Morgan fingerprint density at radius 1 is 1.00 bits per heavy atom. The molecule has 0 unspecified atom stereocenters. The Balaban J connectivity index is 2.03. The van der Waals surface area contributed by atoms with Gasteiger partial charge in [0.1, 0.15) is 23.3 Å². The largest absolute Gasteiger partial charge is 0.306 e. The average Bonchev–Trinajstić information content (AvgIpc) is 2.98. The first-order valence-electron chi connectivity index (χ1n) is 8.28. The monoisotopic (exact) mass is 373 g/mol. The Kier molecular flexibility index (Phi) is 4.78. The highest BCUT2D eigenvalue weighted by Crippen LogP contribution is 2.27. The van der Waals surface area contributed by atoms with Gasteiger partial charge in [-0.25, -0.2) is 17.9 Å². The number of amides is 1. The number of carbonyl (C=O) groups excluding carboxylic acids is 1. The van der Waals surface area contributed by atoms with Crippen molar-refractivity contribution in [3.05, 3.63) is 77.2 Å². The highest BCUT2D eigenvalue weighted by Gasteiger charge is 2.22. The molecule has 3 rings (SSSR count). The van der Waals surface area contributed by atoms with Gasteiger partial charge in [-0.15, -0.1) is 0 Å². The molecule has 0 bridgehead atoms. The van der Waals surface area contributed by atoms with Crippen molar-refractivity contribution in [2.45, 2.75) is 26.2 Å². The summed E-state index contributed by atoms with van der Waals surface area (Å²) in [7, 11) is 0. The second kappa shape index (κ2) is 6.90. The van der Waals surface area contributed by atoms with E-state index in [1.165, 1.54) is 22.9 Å². The zero-order valence-corrected chi connectivity index (χ0v) is 15.1. The molecule has 2 aromatic carbocycles. The third-order valence-electron chi connectivity index (χ3n) is 3.95. The first-order chi connectivity index (χ1) is 12.6. The number of nitrogens with one attached hydrogen (secondary N) is 1. The molecule has 0 saturated heterocycles. The molecule has 27 heavy (non-hydrogen) atoms. The van der Waals surface area contributed by atoms with Crippen LogP contribution in [-0.4, -0.2) is 15.7 Å². The molecule has 0 radical (unpaired) electrons. The van der Waals surface area contributed by atoms with Crippen LogP contribution in [0.15, 0.2) is 48.5 Å². The Hall–Kier alpha value is -3.09. The standard InChI is InChI=1S/C20H18F3N3O/c1-20(2,3)17-11-18(26(25-17)14-6-4-5-12(21)9-14)24-19(27)15-8-7-13(22)10-16(15)23/h4-11H,1-3H3,(H,24,27). The Morgan fingerprint density at radius 2 is 1.70 bits per heavy atom. The number of hydrogen-bond acceptors (Lipinski definition) is 2. The molecule has 140 valence electrons. The minimum absolute atomic E-state index is 0.249. The Bertz CT molecular complexity index is 1010. The number of halogens is 3. The first kappa shape index (κ1) is 18.7. The van der Waals surface area contributed by atoms with Crippen LogP contribution in [0.25, 0.3) is 5.69 Å². The van der Waals surface area contributed by atoms with Gasteiger partial charge in [-0.2, -0.15) is 5.10 Å². The van der Waals surface area contributed by atoms with Gasteiger partial charge in [-0.1, -0.05) is 26.8 Å². The van der Waals surface area contributed by atoms with Gasteiger partial charge in [0, 0.05) is 17.5 Å². The number of hydrogen-bond donors (Lipinski definition) is 1. The highest BCUT2D eigenvalue weighted by molar-refractivity contribution is 6.04. The van der Waals surface area contributed by atoms with Gasteiger partial charge in [0.15, 0.2) is 0 Å². The van der Waals surface area contributed by atoms with Gasteiger partial charge >= 0.3 is 0 Å². The van der Waals surface area contributed by atoms with Gasteiger partial charge < -0.3 is 5.32 Å². The molecule has 4 nitrogen and oxygen atoms in total. The summed E-state index contributed by atoms with van der Waals surface area (Å²) >= 11 is 0. The minimum atomic E-state index is -0.972. The number of nitrogens with zero attached hydrogens (tertiary/aromatic N) is 2. The predicted molar refractivity (Wildman–Crippen MR) is 96.5 cm³/mol. The van der Waals surface area contributed by atoms with E-state index in [9.17, 15) is 18.0 Å². The number of anilines is 1. The Morgan fingerprint density at radius 3 is 2.33 bits per heavy atom. The molecular formula is C20H18F3N3O. The maximum Gasteiger partial charge on any atom is 0.259 e. The van der Waals surface area contributed by atoms with E-state index in [1.807, 2.05) is 20.8 Å². The maximum absolute atomic E-state index is 13.9. The van der Waals surface area contributed by atoms with Gasteiger partial charge in [0.05, 0.1) is 16.9 Å². The minimum Gasteiger partial charge on any atom is -0.306 e. The fraction of sp³-hybridized carbons (Fsp3) is 0.200. The van der Waals surface area contributed by atoms with Crippen molar-refractivity contribution in [1.29, 1.82) is 0 Å². The topological polar surface area (TPSA) is 46.9 Å². The van der Waals surface area contributed by atoms with Crippen molar-refractivity contribution in [2.75, 3.05) is 5.32 Å². The Labute approximate surface area is 154 Å². The van der Waals surface area contributed by atoms with Crippen molar-refractivity contribution in [2.24, 2.45) is 0 Å². The predicted octanol–water partition coefficient (Wildman–Crippen LogP) is 4.84. The van der Waals surface area contributed by atoms with Gasteiger partial charge in [-0.05, 0) is 30.3 Å². The van der Waals surface area contributed by atoms with Gasteiger partial charge in [-0.3, -0.25) is 4.79 Å². The summed E-state index contributed by atoms with van der Waals surface area (Å²) < 4.78 is 42.0. The molecule has 0 aliphatic carbocycles. The molecule has 3 aromatic rings. The lowest BCUT2D eigenvalue weighted by atomic mass is 9.92. The molecule has 0 aliphatic rings. The molecule has 1 heterocycles. The van der Waals surface area contributed by atoms with E-state index in [-0.39, 0.29) is 16.8 Å². The van der Waals surface area contributed by atoms with Crippen LogP contribution in [0.2, 0.25) is 0 Å². The highest BCUT2D eigenvalue weighted by atomic mass is 19.1. The number of carbonyl (C=O) groups is 1. The second-order valence-electron chi connectivity index (χ2n) is 7.13. The molecule has 1 amide bonds. The molecule has 7 heteroatoms. The van der Waals surface area contributed by atoms with Crippen LogP contribution in [0, 0.1) is 17.5 Å². The van der Waals surface area contributed by atoms with E-state index in [0.29, 0.717) is 17.4 Å². The van der Waals surface area contributed by atoms with Crippen LogP contribution >= 0.6 is 0 Å². The lowest BCUT2D eigenvalue weighted by molar-refractivity contribution is 0.102.